The van der Waals surface area contributed by atoms with Gasteiger partial charge in [0.25, 0.3) is 5.91 Å². The molecular formula is C18H18N4O2S2. The molecule has 0 saturated heterocycles. The Morgan fingerprint density at radius 1 is 1.12 bits per heavy atom. The van der Waals surface area contributed by atoms with Gasteiger partial charge in [0, 0.05) is 19.3 Å². The molecular weight excluding hydrogens is 368 g/mol. The maximum absolute atomic E-state index is 12.5. The molecule has 3 aromatic rings. The van der Waals surface area contributed by atoms with E-state index >= 15 is 0 Å². The molecule has 0 spiro atoms. The van der Waals surface area contributed by atoms with Crippen LogP contribution in [0.1, 0.15) is 37.0 Å². The topological polar surface area (TPSA) is 84.0 Å². The van der Waals surface area contributed by atoms with Crippen LogP contribution in [0.3, 0.4) is 0 Å². The number of aromatic nitrogens is 2. The van der Waals surface area contributed by atoms with Gasteiger partial charge in [-0.05, 0) is 36.4 Å². The number of amides is 1. The Kier molecular flexibility index (Phi) is 6.08. The minimum absolute atomic E-state index is 0.0483. The monoisotopic (exact) mass is 386 g/mol. The number of aryl methyl sites for hydroxylation is 1. The van der Waals surface area contributed by atoms with Crippen molar-refractivity contribution in [3.8, 4) is 0 Å². The van der Waals surface area contributed by atoms with Crippen molar-refractivity contribution in [2.24, 2.45) is 0 Å². The van der Waals surface area contributed by atoms with Gasteiger partial charge in [-0.25, -0.2) is 4.98 Å². The molecule has 0 unspecified atom stereocenters. The third-order valence-electron chi connectivity index (χ3n) is 3.61. The lowest BCUT2D eigenvalue weighted by Gasteiger charge is -2.04. The molecule has 8 heteroatoms. The van der Waals surface area contributed by atoms with Gasteiger partial charge in [0.15, 0.2) is 5.13 Å². The van der Waals surface area contributed by atoms with Gasteiger partial charge >= 0.3 is 0 Å². The summed E-state index contributed by atoms with van der Waals surface area (Å²) in [6.07, 6.45) is 3.95. The number of nitrogens with zero attached hydrogens (tertiary/aromatic N) is 2. The largest absolute Gasteiger partial charge is 0.361 e. The first-order valence-corrected chi connectivity index (χ1v) is 9.82. The zero-order valence-corrected chi connectivity index (χ0v) is 15.8. The summed E-state index contributed by atoms with van der Waals surface area (Å²) in [6, 6.07) is 7.33. The lowest BCUT2D eigenvalue weighted by Crippen LogP contribution is -2.25. The Labute approximate surface area is 159 Å². The molecule has 1 amide bonds. The summed E-state index contributed by atoms with van der Waals surface area (Å²) in [5, 5.41) is 8.62. The molecule has 2 N–H and O–H groups in total. The van der Waals surface area contributed by atoms with E-state index in [-0.39, 0.29) is 11.7 Å². The summed E-state index contributed by atoms with van der Waals surface area (Å²) in [5.74, 6) is -0.162. The van der Waals surface area contributed by atoms with Crippen LogP contribution in [-0.4, -0.2) is 34.7 Å². The Morgan fingerprint density at radius 3 is 2.77 bits per heavy atom. The molecule has 0 aliphatic carbocycles. The van der Waals surface area contributed by atoms with Gasteiger partial charge in [-0.15, -0.1) is 11.3 Å². The summed E-state index contributed by atoms with van der Waals surface area (Å²) in [6.45, 7) is 3.10. The van der Waals surface area contributed by atoms with Gasteiger partial charge in [0.05, 0.1) is 16.0 Å². The second kappa shape index (κ2) is 8.68. The third kappa shape index (κ3) is 4.53. The zero-order valence-electron chi connectivity index (χ0n) is 14.2. The molecule has 0 saturated carbocycles. The first-order valence-electron chi connectivity index (χ1n) is 8.13. The summed E-state index contributed by atoms with van der Waals surface area (Å²) >= 11 is 2.73. The highest BCUT2D eigenvalue weighted by molar-refractivity contribution is 7.17. The average Bonchev–Trinajstić information content (AvgIpc) is 3.33. The molecule has 0 radical (unpaired) electrons. The Hall–Kier alpha value is -2.58. The van der Waals surface area contributed by atoms with E-state index in [9.17, 15) is 9.59 Å². The molecule has 0 aromatic carbocycles. The van der Waals surface area contributed by atoms with E-state index in [2.05, 4.69) is 20.6 Å². The van der Waals surface area contributed by atoms with Crippen molar-refractivity contribution in [1.29, 1.82) is 0 Å². The highest BCUT2D eigenvalue weighted by Crippen LogP contribution is 2.21. The highest BCUT2D eigenvalue weighted by atomic mass is 32.1. The van der Waals surface area contributed by atoms with E-state index < -0.39 is 0 Å². The van der Waals surface area contributed by atoms with E-state index in [1.165, 1.54) is 22.7 Å². The molecule has 0 atom stereocenters. The molecule has 0 bridgehead atoms. The van der Waals surface area contributed by atoms with Gasteiger partial charge in [-0.3, -0.25) is 14.6 Å². The summed E-state index contributed by atoms with van der Waals surface area (Å²) in [7, 11) is 0. The van der Waals surface area contributed by atoms with Crippen LogP contribution in [0.4, 0.5) is 5.13 Å². The molecule has 0 aliphatic heterocycles. The van der Waals surface area contributed by atoms with Crippen molar-refractivity contribution in [3.63, 3.8) is 0 Å². The van der Waals surface area contributed by atoms with Crippen LogP contribution in [0, 0.1) is 6.92 Å². The van der Waals surface area contributed by atoms with Crippen LogP contribution < -0.4 is 10.6 Å². The SMILES string of the molecule is Cc1cccnc1C(=O)c1cnc(NCCCNC(=O)c2cccs2)s1. The maximum Gasteiger partial charge on any atom is 0.261 e. The van der Waals surface area contributed by atoms with Gasteiger partial charge in [-0.1, -0.05) is 23.5 Å². The fourth-order valence-corrected chi connectivity index (χ4v) is 3.70. The fourth-order valence-electron chi connectivity index (χ4n) is 2.28. The fraction of sp³-hybridized carbons (Fsp3) is 0.222. The number of hydrogen-bond donors (Lipinski definition) is 2. The lowest BCUT2D eigenvalue weighted by atomic mass is 10.1. The molecule has 0 aliphatic rings. The number of thiazole rings is 1. The summed E-state index contributed by atoms with van der Waals surface area (Å²) < 4.78 is 0. The minimum atomic E-state index is -0.114. The van der Waals surface area contributed by atoms with Crippen LogP contribution in [0.15, 0.2) is 42.0 Å². The first kappa shape index (κ1) is 18.2. The molecule has 26 heavy (non-hydrogen) atoms. The zero-order chi connectivity index (χ0) is 18.4. The van der Waals surface area contributed by atoms with E-state index in [0.29, 0.717) is 33.7 Å². The van der Waals surface area contributed by atoms with Crippen LogP contribution in [0.25, 0.3) is 0 Å². The van der Waals surface area contributed by atoms with Crippen LogP contribution in [-0.2, 0) is 0 Å². The molecule has 6 nitrogen and oxygen atoms in total. The summed E-state index contributed by atoms with van der Waals surface area (Å²) in [5.41, 5.74) is 1.31. The smallest absolute Gasteiger partial charge is 0.261 e. The van der Waals surface area contributed by atoms with E-state index in [0.717, 1.165) is 12.0 Å². The third-order valence-corrected chi connectivity index (χ3v) is 5.44. The van der Waals surface area contributed by atoms with Crippen molar-refractivity contribution < 1.29 is 9.59 Å². The molecule has 3 aromatic heterocycles. The van der Waals surface area contributed by atoms with Crippen molar-refractivity contribution in [3.05, 3.63) is 63.1 Å². The minimum Gasteiger partial charge on any atom is -0.361 e. The lowest BCUT2D eigenvalue weighted by molar-refractivity contribution is 0.0957. The standard InChI is InChI=1S/C18H18N4O2S2/c1-12-5-2-7-19-15(12)16(23)14-11-22-18(26-14)21-9-4-8-20-17(24)13-6-3-10-25-13/h2-3,5-7,10-11H,4,8-9H2,1H3,(H,20,24)(H,21,22). The number of carbonyl (C=O) groups is 2. The number of thiophene rings is 1. The first-order chi connectivity index (χ1) is 12.6. The van der Waals surface area contributed by atoms with Gasteiger partial charge in [-0.2, -0.15) is 0 Å². The normalized spacial score (nSPS) is 10.5. The van der Waals surface area contributed by atoms with Gasteiger partial charge in [0.1, 0.15) is 5.69 Å². The molecule has 0 fully saturated rings. The van der Waals surface area contributed by atoms with Crippen molar-refractivity contribution >= 4 is 39.5 Å². The quantitative estimate of drug-likeness (QED) is 0.458. The van der Waals surface area contributed by atoms with Crippen molar-refractivity contribution in [2.45, 2.75) is 13.3 Å². The van der Waals surface area contributed by atoms with E-state index in [1.54, 1.807) is 18.5 Å². The van der Waals surface area contributed by atoms with E-state index in [4.69, 9.17) is 0 Å². The highest BCUT2D eigenvalue weighted by Gasteiger charge is 2.16. The van der Waals surface area contributed by atoms with Crippen LogP contribution in [0.2, 0.25) is 0 Å². The van der Waals surface area contributed by atoms with Gasteiger partial charge < -0.3 is 10.6 Å². The van der Waals surface area contributed by atoms with Gasteiger partial charge in [0.2, 0.25) is 5.78 Å². The number of nitrogens with one attached hydrogen (secondary N) is 2. The predicted octanol–water partition coefficient (Wildman–Crippen LogP) is 3.37. The number of rotatable bonds is 8. The van der Waals surface area contributed by atoms with Crippen molar-refractivity contribution in [1.82, 2.24) is 15.3 Å². The average molecular weight is 387 g/mol. The number of anilines is 1. The number of carbonyl (C=O) groups excluding carboxylic acids is 2. The van der Waals surface area contributed by atoms with Crippen molar-refractivity contribution in [2.75, 3.05) is 18.4 Å². The van der Waals surface area contributed by atoms with E-state index in [1.807, 2.05) is 30.5 Å². The molecule has 3 rings (SSSR count). The summed E-state index contributed by atoms with van der Waals surface area (Å²) in [4.78, 5) is 33.9. The molecule has 3 heterocycles. The second-order valence-corrected chi connectivity index (χ2v) is 7.52. The number of ketones is 1. The second-order valence-electron chi connectivity index (χ2n) is 5.54. The van der Waals surface area contributed by atoms with Crippen LogP contribution >= 0.6 is 22.7 Å². The predicted molar refractivity (Wildman–Crippen MR) is 104 cm³/mol. The Morgan fingerprint density at radius 2 is 2.00 bits per heavy atom. The van der Waals surface area contributed by atoms with Crippen LogP contribution in [0.5, 0.6) is 0 Å². The number of hydrogen-bond acceptors (Lipinski definition) is 7. The Bertz CT molecular complexity index is 890. The maximum atomic E-state index is 12.5. The number of pyridine rings is 1. The molecule has 134 valence electrons. The Balaban J connectivity index is 1.45.